The van der Waals surface area contributed by atoms with Gasteiger partial charge in [0, 0.05) is 24.9 Å². The van der Waals surface area contributed by atoms with Crippen molar-refractivity contribution in [3.8, 4) is 0 Å². The van der Waals surface area contributed by atoms with Gasteiger partial charge in [-0.05, 0) is 39.5 Å². The van der Waals surface area contributed by atoms with Crippen LogP contribution in [0.1, 0.15) is 149 Å². The molecule has 5 heteroatoms. The van der Waals surface area contributed by atoms with Gasteiger partial charge in [0.25, 0.3) is 0 Å². The molecule has 0 saturated heterocycles. The fourth-order valence-electron chi connectivity index (χ4n) is 4.30. The maximum absolute atomic E-state index is 12.0. The summed E-state index contributed by atoms with van der Waals surface area (Å²) in [6.45, 7) is 3.72. The van der Waals surface area contributed by atoms with E-state index in [0.717, 1.165) is 70.6 Å². The lowest BCUT2D eigenvalue weighted by Crippen LogP contribution is -2.31. The predicted octanol–water partition coefficient (Wildman–Crippen LogP) is 6.16. The first kappa shape index (κ1) is 32.5. The first-order valence-corrected chi connectivity index (χ1v) is 14.2. The van der Waals surface area contributed by atoms with Crippen LogP contribution < -0.4 is 11.5 Å². The van der Waals surface area contributed by atoms with Crippen LogP contribution in [-0.2, 0) is 4.79 Å². The van der Waals surface area contributed by atoms with Gasteiger partial charge in [-0.25, -0.2) is 0 Å². The molecule has 0 aromatic carbocycles. The second-order valence-electron chi connectivity index (χ2n) is 10.5. The smallest absolute Gasteiger partial charge is 0.132 e. The highest BCUT2D eigenvalue weighted by Gasteiger charge is 2.09. The summed E-state index contributed by atoms with van der Waals surface area (Å²) in [4.78, 5) is 12.0. The largest absolute Gasteiger partial charge is 0.392 e. The molecule has 0 bridgehead atoms. The number of carbonyl (C=O) groups is 1. The van der Waals surface area contributed by atoms with Gasteiger partial charge in [-0.15, -0.1) is 0 Å². The van der Waals surface area contributed by atoms with Crippen molar-refractivity contribution in [2.45, 2.75) is 173 Å². The summed E-state index contributed by atoms with van der Waals surface area (Å²) in [5.74, 6) is 0.439. The van der Waals surface area contributed by atoms with Gasteiger partial charge in [0.2, 0.25) is 0 Å². The van der Waals surface area contributed by atoms with E-state index < -0.39 is 0 Å². The molecule has 6 N–H and O–H groups in total. The molecule has 33 heavy (non-hydrogen) atoms. The number of unbranched alkanes of at least 4 members (excludes halogenated alkanes) is 15. The fourth-order valence-corrected chi connectivity index (χ4v) is 4.30. The van der Waals surface area contributed by atoms with Crippen molar-refractivity contribution in [3.63, 3.8) is 0 Å². The lowest BCUT2D eigenvalue weighted by atomic mass is 10.0. The molecular formula is C28H58N2O3. The van der Waals surface area contributed by atoms with Gasteiger partial charge in [0.15, 0.2) is 0 Å². The molecule has 4 atom stereocenters. The maximum Gasteiger partial charge on any atom is 0.132 e. The second kappa shape index (κ2) is 23.3. The lowest BCUT2D eigenvalue weighted by molar-refractivity contribution is -0.119. The normalized spacial score (nSPS) is 15.3. The van der Waals surface area contributed by atoms with Gasteiger partial charge in [0.05, 0.1) is 12.2 Å². The summed E-state index contributed by atoms with van der Waals surface area (Å²) in [5.41, 5.74) is 11.3. The van der Waals surface area contributed by atoms with Crippen LogP contribution in [0.15, 0.2) is 0 Å². The van der Waals surface area contributed by atoms with Crippen LogP contribution in [0.2, 0.25) is 0 Å². The van der Waals surface area contributed by atoms with E-state index in [1.165, 1.54) is 64.2 Å². The Balaban J connectivity index is 3.24. The Morgan fingerprint density at radius 2 is 0.758 bits per heavy atom. The molecule has 0 aromatic rings. The summed E-state index contributed by atoms with van der Waals surface area (Å²) < 4.78 is 0. The van der Waals surface area contributed by atoms with E-state index in [1.807, 2.05) is 13.8 Å². The van der Waals surface area contributed by atoms with E-state index >= 15 is 0 Å². The number of ketones is 1. The molecule has 0 aromatic heterocycles. The van der Waals surface area contributed by atoms with E-state index in [0.29, 0.717) is 5.78 Å². The van der Waals surface area contributed by atoms with E-state index in [9.17, 15) is 15.0 Å². The van der Waals surface area contributed by atoms with Crippen LogP contribution in [0.3, 0.4) is 0 Å². The Morgan fingerprint density at radius 1 is 0.515 bits per heavy atom. The molecule has 0 saturated carbocycles. The molecule has 0 amide bonds. The topological polar surface area (TPSA) is 110 Å². The van der Waals surface area contributed by atoms with Crippen LogP contribution in [0, 0.1) is 0 Å². The summed E-state index contributed by atoms with van der Waals surface area (Å²) in [7, 11) is 0. The molecule has 0 aliphatic carbocycles. The van der Waals surface area contributed by atoms with Crippen LogP contribution in [0.5, 0.6) is 0 Å². The summed E-state index contributed by atoms with van der Waals surface area (Å²) in [6.07, 6.45) is 22.9. The fraction of sp³-hybridized carbons (Fsp3) is 0.964. The Morgan fingerprint density at radius 3 is 1.03 bits per heavy atom. The van der Waals surface area contributed by atoms with Crippen molar-refractivity contribution in [1.29, 1.82) is 0 Å². The van der Waals surface area contributed by atoms with E-state index in [-0.39, 0.29) is 24.3 Å². The van der Waals surface area contributed by atoms with Crippen LogP contribution >= 0.6 is 0 Å². The highest BCUT2D eigenvalue weighted by molar-refractivity contribution is 5.78. The number of hydrogen-bond acceptors (Lipinski definition) is 5. The Kier molecular flexibility index (Phi) is 22.9. The van der Waals surface area contributed by atoms with Crippen molar-refractivity contribution in [3.05, 3.63) is 0 Å². The molecule has 0 rings (SSSR count). The number of aliphatic hydroxyl groups excluding tert-OH is 2. The molecular weight excluding hydrogens is 412 g/mol. The minimum absolute atomic E-state index is 0.107. The zero-order valence-corrected chi connectivity index (χ0v) is 22.1. The number of nitrogens with two attached hydrogens (primary N) is 2. The number of hydrogen-bond donors (Lipinski definition) is 4. The van der Waals surface area contributed by atoms with Gasteiger partial charge in [0.1, 0.15) is 5.78 Å². The number of aliphatic hydroxyl groups is 2. The standard InChI is InChI=1S/C28H58N2O3/c1-24(29)27(32)22-18-14-10-8-6-4-3-5-7-9-12-16-20-26(31)21-17-13-11-15-19-23-28(33)25(2)30/h24-25,27-28,32-33H,3-23,29-30H2,1-2H3/t24-,25-,27-,28-/m1/s1. The molecule has 5 nitrogen and oxygen atoms in total. The van der Waals surface area contributed by atoms with E-state index in [4.69, 9.17) is 11.5 Å². The average Bonchev–Trinajstić information content (AvgIpc) is 2.77. The Bertz CT molecular complexity index is 429. The van der Waals surface area contributed by atoms with Crippen molar-refractivity contribution in [2.75, 3.05) is 0 Å². The lowest BCUT2D eigenvalue weighted by Gasteiger charge is -2.13. The first-order valence-electron chi connectivity index (χ1n) is 14.2. The quantitative estimate of drug-likeness (QED) is 0.119. The minimum atomic E-state index is -0.375. The third-order valence-electron chi connectivity index (χ3n) is 6.87. The predicted molar refractivity (Wildman–Crippen MR) is 141 cm³/mol. The van der Waals surface area contributed by atoms with Gasteiger partial charge in [-0.3, -0.25) is 4.79 Å². The van der Waals surface area contributed by atoms with Gasteiger partial charge in [-0.2, -0.15) is 0 Å². The minimum Gasteiger partial charge on any atom is -0.392 e. The van der Waals surface area contributed by atoms with E-state index in [1.54, 1.807) is 0 Å². The van der Waals surface area contributed by atoms with Gasteiger partial charge in [-0.1, -0.05) is 96.3 Å². The number of carbonyl (C=O) groups excluding carboxylic acids is 1. The van der Waals surface area contributed by atoms with Crippen molar-refractivity contribution in [1.82, 2.24) is 0 Å². The third kappa shape index (κ3) is 23.0. The van der Waals surface area contributed by atoms with Crippen LogP contribution in [-0.4, -0.2) is 40.3 Å². The monoisotopic (exact) mass is 470 g/mol. The highest BCUT2D eigenvalue weighted by Crippen LogP contribution is 2.15. The molecule has 0 heterocycles. The first-order chi connectivity index (χ1) is 15.8. The van der Waals surface area contributed by atoms with E-state index in [2.05, 4.69) is 0 Å². The maximum atomic E-state index is 12.0. The Labute approximate surface area is 205 Å². The molecule has 0 unspecified atom stereocenters. The zero-order chi connectivity index (χ0) is 24.7. The summed E-state index contributed by atoms with van der Waals surface area (Å²) in [6, 6.07) is -0.245. The van der Waals surface area contributed by atoms with Crippen LogP contribution in [0.25, 0.3) is 0 Å². The Hall–Kier alpha value is -0.490. The molecule has 0 aliphatic heterocycles. The van der Waals surface area contributed by atoms with Crippen LogP contribution in [0.4, 0.5) is 0 Å². The molecule has 0 radical (unpaired) electrons. The third-order valence-corrected chi connectivity index (χ3v) is 6.87. The van der Waals surface area contributed by atoms with Gasteiger partial charge >= 0.3 is 0 Å². The SMILES string of the molecule is C[C@@H](N)[C@H](O)CCCCCCCCCCCCCCC(=O)CCCCCCC[C@@H](O)[C@@H](C)N. The molecule has 198 valence electrons. The van der Waals surface area contributed by atoms with Crippen molar-refractivity contribution >= 4 is 5.78 Å². The van der Waals surface area contributed by atoms with Crippen molar-refractivity contribution < 1.29 is 15.0 Å². The number of rotatable bonds is 25. The average molecular weight is 471 g/mol. The second-order valence-corrected chi connectivity index (χ2v) is 10.5. The zero-order valence-electron chi connectivity index (χ0n) is 22.1. The van der Waals surface area contributed by atoms with Crippen molar-refractivity contribution in [2.24, 2.45) is 11.5 Å². The molecule has 0 spiro atoms. The van der Waals surface area contributed by atoms with Gasteiger partial charge < -0.3 is 21.7 Å². The summed E-state index contributed by atoms with van der Waals surface area (Å²) in [5, 5.41) is 19.3. The summed E-state index contributed by atoms with van der Waals surface area (Å²) >= 11 is 0. The molecule has 0 aliphatic rings. The highest BCUT2D eigenvalue weighted by atomic mass is 16.3. The number of Topliss-reactive ketones (excluding diaryl/α,β-unsaturated/α-hetero) is 1. The molecule has 0 fully saturated rings.